The van der Waals surface area contributed by atoms with E-state index in [0.29, 0.717) is 12.8 Å². The van der Waals surface area contributed by atoms with Crippen LogP contribution in [0.4, 0.5) is 0 Å². The minimum absolute atomic E-state index is 0.0277. The normalized spacial score (nSPS) is 17.9. The lowest BCUT2D eigenvalue weighted by Crippen LogP contribution is -2.61. The Labute approximate surface area is 353 Å². The van der Waals surface area contributed by atoms with Gasteiger partial charge in [-0.1, -0.05) is 83.9 Å². The summed E-state index contributed by atoms with van der Waals surface area (Å²) in [6, 6.07) is 5.11. The predicted molar refractivity (Wildman–Crippen MR) is 219 cm³/mol. The van der Waals surface area contributed by atoms with Gasteiger partial charge in [-0.2, -0.15) is 0 Å². The minimum atomic E-state index is -1.81. The molecule has 334 valence electrons. The summed E-state index contributed by atoms with van der Waals surface area (Å²) in [5.41, 5.74) is 0.849. The van der Waals surface area contributed by atoms with Crippen molar-refractivity contribution in [3.8, 4) is 0 Å². The van der Waals surface area contributed by atoms with Gasteiger partial charge in [-0.05, 0) is 40.7 Å². The van der Waals surface area contributed by atoms with Gasteiger partial charge in [-0.25, -0.2) is 4.79 Å². The molecule has 1 fully saturated rings. The van der Waals surface area contributed by atoms with Crippen LogP contribution in [0.15, 0.2) is 42.5 Å². The molecule has 0 spiro atoms. The molecule has 8 N–H and O–H groups in total. The number of likely N-dealkylation sites (tertiary alicyclic amines) is 1. The number of amides is 6. The standard InChI is InChI=1S/C42H58N6O13/c1-7-11-29(42(59)60)44-39(56)32-17-28(61-21-25-14-15-26-12-9-10-13-27(26)16-25)20-48(32)41(58)35(22(3)4)46-40(57)36(23(5)8-2)47-38(55)31(19-34(52)53)45-37(54)30(18-33(50)51)43-24(6)49/h9-10,12-16,22-23,28-32,35-36H,7-8,11,17-21H2,1-6H3,(H,43,49)(H,44,56)(H,45,54)(H,46,57)(H,47,55)(H,50,51)(H,52,53)(H,59,60)/t23-,28+,29-,30-,31-,32-,35-,36-/m0/s1. The van der Waals surface area contributed by atoms with Gasteiger partial charge in [0.2, 0.25) is 35.4 Å². The molecule has 0 radical (unpaired) electrons. The lowest BCUT2D eigenvalue weighted by molar-refractivity contribution is -0.146. The van der Waals surface area contributed by atoms with Crippen molar-refractivity contribution < 1.29 is 63.2 Å². The third-order valence-corrected chi connectivity index (χ3v) is 10.4. The SMILES string of the molecule is CCC[C@H](NC(=O)[C@@H]1C[C@@H](OCc2ccc3ccccc3c2)CN1C(=O)[C@@H](NC(=O)[C@@H](NC(=O)[C@H](CC(=O)O)NC(=O)[C@H](CC(=O)O)NC(C)=O)[C@@H](C)CC)C(C)C)C(=O)O. The van der Waals surface area contributed by atoms with E-state index in [0.717, 1.165) is 23.3 Å². The van der Waals surface area contributed by atoms with Crippen LogP contribution >= 0.6 is 0 Å². The van der Waals surface area contributed by atoms with Gasteiger partial charge < -0.3 is 51.5 Å². The zero-order valence-electron chi connectivity index (χ0n) is 35.3. The van der Waals surface area contributed by atoms with Gasteiger partial charge in [0.15, 0.2) is 0 Å². The van der Waals surface area contributed by atoms with E-state index < -0.39 is 120 Å². The summed E-state index contributed by atoms with van der Waals surface area (Å²) < 4.78 is 6.23. The van der Waals surface area contributed by atoms with E-state index in [1.807, 2.05) is 42.5 Å². The highest BCUT2D eigenvalue weighted by atomic mass is 16.5. The summed E-state index contributed by atoms with van der Waals surface area (Å²) in [5.74, 6) is -10.6. The second kappa shape index (κ2) is 23.0. The van der Waals surface area contributed by atoms with Crippen molar-refractivity contribution in [2.45, 2.75) is 129 Å². The van der Waals surface area contributed by atoms with Gasteiger partial charge in [0.05, 0.1) is 25.6 Å². The average molecular weight is 855 g/mol. The fourth-order valence-corrected chi connectivity index (χ4v) is 6.94. The number of fused-ring (bicyclic) bond motifs is 1. The van der Waals surface area contributed by atoms with Crippen LogP contribution in [-0.2, 0) is 54.5 Å². The average Bonchev–Trinajstić information content (AvgIpc) is 3.63. The number of hydrogen-bond donors (Lipinski definition) is 8. The van der Waals surface area contributed by atoms with Crippen LogP contribution < -0.4 is 26.6 Å². The third-order valence-electron chi connectivity index (χ3n) is 10.4. The number of nitrogens with zero attached hydrogens (tertiary/aromatic N) is 1. The van der Waals surface area contributed by atoms with E-state index >= 15 is 0 Å². The molecule has 61 heavy (non-hydrogen) atoms. The number of rotatable bonds is 23. The van der Waals surface area contributed by atoms with Gasteiger partial charge in [-0.3, -0.25) is 38.4 Å². The highest BCUT2D eigenvalue weighted by Crippen LogP contribution is 2.26. The molecule has 1 aliphatic heterocycles. The molecule has 0 bridgehead atoms. The maximum atomic E-state index is 14.5. The zero-order chi connectivity index (χ0) is 45.6. The fourth-order valence-electron chi connectivity index (χ4n) is 6.94. The monoisotopic (exact) mass is 854 g/mol. The van der Waals surface area contributed by atoms with Gasteiger partial charge in [-0.15, -0.1) is 0 Å². The van der Waals surface area contributed by atoms with Crippen molar-refractivity contribution in [2.75, 3.05) is 6.54 Å². The van der Waals surface area contributed by atoms with E-state index in [1.54, 1.807) is 34.6 Å². The molecule has 2 aromatic carbocycles. The number of carbonyl (C=O) groups excluding carboxylic acids is 6. The molecule has 1 aliphatic rings. The second-order valence-electron chi connectivity index (χ2n) is 15.7. The van der Waals surface area contributed by atoms with E-state index in [2.05, 4.69) is 26.6 Å². The Bertz CT molecular complexity index is 1920. The lowest BCUT2D eigenvalue weighted by Gasteiger charge is -2.33. The Morgan fingerprint density at radius 2 is 1.33 bits per heavy atom. The zero-order valence-corrected chi connectivity index (χ0v) is 35.3. The summed E-state index contributed by atoms with van der Waals surface area (Å²) in [6.07, 6.45) is -1.55. The molecule has 8 atom stereocenters. The van der Waals surface area contributed by atoms with Gasteiger partial charge in [0, 0.05) is 19.9 Å². The number of nitrogens with one attached hydrogen (secondary N) is 5. The first kappa shape index (κ1) is 49.3. The van der Waals surface area contributed by atoms with Crippen LogP contribution in [0.1, 0.15) is 85.6 Å². The van der Waals surface area contributed by atoms with E-state index in [1.165, 1.54) is 4.90 Å². The Morgan fingerprint density at radius 1 is 0.738 bits per heavy atom. The first-order valence-corrected chi connectivity index (χ1v) is 20.3. The van der Waals surface area contributed by atoms with Crippen LogP contribution in [0, 0.1) is 11.8 Å². The summed E-state index contributed by atoms with van der Waals surface area (Å²) in [5, 5.41) is 42.6. The van der Waals surface area contributed by atoms with Crippen LogP contribution in [0.2, 0.25) is 0 Å². The Hall–Kier alpha value is -6.11. The Morgan fingerprint density at radius 3 is 1.89 bits per heavy atom. The summed E-state index contributed by atoms with van der Waals surface area (Å²) in [7, 11) is 0. The van der Waals surface area contributed by atoms with Gasteiger partial charge >= 0.3 is 17.9 Å². The smallest absolute Gasteiger partial charge is 0.326 e. The van der Waals surface area contributed by atoms with Crippen molar-refractivity contribution in [2.24, 2.45) is 11.8 Å². The van der Waals surface area contributed by atoms with Crippen molar-refractivity contribution in [1.82, 2.24) is 31.5 Å². The molecule has 1 saturated heterocycles. The van der Waals surface area contributed by atoms with Crippen LogP contribution in [0.25, 0.3) is 10.8 Å². The molecule has 0 saturated carbocycles. The molecule has 0 aromatic heterocycles. The van der Waals surface area contributed by atoms with E-state index in [4.69, 9.17) is 4.74 Å². The van der Waals surface area contributed by atoms with Gasteiger partial charge in [0.25, 0.3) is 0 Å². The first-order chi connectivity index (χ1) is 28.7. The van der Waals surface area contributed by atoms with Gasteiger partial charge in [0.1, 0.15) is 36.3 Å². The summed E-state index contributed by atoms with van der Waals surface area (Å²) >= 11 is 0. The highest BCUT2D eigenvalue weighted by molar-refractivity contribution is 5.98. The molecule has 0 aliphatic carbocycles. The number of carbonyl (C=O) groups is 9. The Balaban J connectivity index is 1.88. The number of ether oxygens (including phenoxy) is 1. The molecule has 19 heteroatoms. The molecule has 1 heterocycles. The molecule has 2 aromatic rings. The largest absolute Gasteiger partial charge is 0.481 e. The van der Waals surface area contributed by atoms with Crippen molar-refractivity contribution in [3.05, 3.63) is 48.0 Å². The lowest BCUT2D eigenvalue weighted by atomic mass is 9.95. The molecule has 6 amide bonds. The van der Waals surface area contributed by atoms with E-state index in [-0.39, 0.29) is 26.0 Å². The Kier molecular flexibility index (Phi) is 18.6. The number of benzene rings is 2. The number of carboxylic acids is 3. The molecular weight excluding hydrogens is 796 g/mol. The molecule has 0 unspecified atom stereocenters. The van der Waals surface area contributed by atoms with Crippen LogP contribution in [-0.4, -0.2) is 122 Å². The maximum absolute atomic E-state index is 14.5. The van der Waals surface area contributed by atoms with Crippen molar-refractivity contribution in [1.29, 1.82) is 0 Å². The third kappa shape index (κ3) is 14.5. The van der Waals surface area contributed by atoms with Crippen LogP contribution in [0.5, 0.6) is 0 Å². The number of aliphatic carboxylic acids is 3. The molecular formula is C42H58N6O13. The molecule has 3 rings (SSSR count). The molecule has 19 nitrogen and oxygen atoms in total. The minimum Gasteiger partial charge on any atom is -0.481 e. The predicted octanol–water partition coefficient (Wildman–Crippen LogP) is 1.31. The van der Waals surface area contributed by atoms with Crippen molar-refractivity contribution in [3.63, 3.8) is 0 Å². The quantitative estimate of drug-likeness (QED) is 0.0784. The van der Waals surface area contributed by atoms with E-state index in [9.17, 15) is 58.5 Å². The summed E-state index contributed by atoms with van der Waals surface area (Å²) in [6.45, 7) is 9.53. The fraction of sp³-hybridized carbons (Fsp3) is 0.548. The second-order valence-corrected chi connectivity index (χ2v) is 15.7. The van der Waals surface area contributed by atoms with Crippen LogP contribution in [0.3, 0.4) is 0 Å². The highest BCUT2D eigenvalue weighted by Gasteiger charge is 2.45. The topological polar surface area (TPSA) is 287 Å². The number of hydrogen-bond acceptors (Lipinski definition) is 10. The maximum Gasteiger partial charge on any atom is 0.326 e. The number of carboxylic acid groups (broad SMARTS) is 3. The summed E-state index contributed by atoms with van der Waals surface area (Å²) in [4.78, 5) is 117. The first-order valence-electron chi connectivity index (χ1n) is 20.3. The van der Waals surface area contributed by atoms with Crippen molar-refractivity contribution >= 4 is 64.1 Å².